The van der Waals surface area contributed by atoms with Crippen LogP contribution in [0.5, 0.6) is 0 Å². The monoisotopic (exact) mass is 436 g/mol. The van der Waals surface area contributed by atoms with Gasteiger partial charge in [-0.25, -0.2) is 9.37 Å². The molecule has 31 heavy (non-hydrogen) atoms. The normalized spacial score (nSPS) is 11.1. The van der Waals surface area contributed by atoms with Crippen LogP contribution < -0.4 is 5.56 Å². The highest BCUT2D eigenvalue weighted by Gasteiger charge is 2.18. The summed E-state index contributed by atoms with van der Waals surface area (Å²) in [5, 5.41) is 2.39. The summed E-state index contributed by atoms with van der Waals surface area (Å²) in [6.45, 7) is 2.32. The van der Waals surface area contributed by atoms with Crippen molar-refractivity contribution in [3.63, 3.8) is 0 Å². The van der Waals surface area contributed by atoms with Crippen LogP contribution in [0, 0.1) is 12.7 Å². The average molecular weight is 437 g/mol. The highest BCUT2D eigenvalue weighted by atomic mass is 32.1. The molecule has 158 valence electrons. The van der Waals surface area contributed by atoms with Gasteiger partial charge in [0.25, 0.3) is 5.56 Å². The summed E-state index contributed by atoms with van der Waals surface area (Å²) in [7, 11) is 1.35. The molecule has 0 N–H and O–H groups in total. The second-order valence-electron chi connectivity index (χ2n) is 7.28. The molecule has 0 atom stereocenters. The Morgan fingerprint density at radius 3 is 2.65 bits per heavy atom. The zero-order chi connectivity index (χ0) is 22.0. The van der Waals surface area contributed by atoms with Crippen molar-refractivity contribution in [3.05, 3.63) is 75.6 Å². The number of methoxy groups -OCH3 is 1. The quantitative estimate of drug-likeness (QED) is 0.390. The standard InChI is InChI=1S/C24H21FN2O3S/c1-15-5-3-6-17(13-15)22-26-23-21(24(29)27(22)12-4-7-20(28)30-2)19(14-31-23)16-8-10-18(25)11-9-16/h3,5-6,8-11,13-14H,4,7,12H2,1-2H3. The third-order valence-corrected chi connectivity index (χ3v) is 5.99. The molecule has 0 spiro atoms. The van der Waals surface area contributed by atoms with E-state index in [1.165, 1.54) is 30.6 Å². The molecule has 2 aromatic heterocycles. The zero-order valence-electron chi connectivity index (χ0n) is 17.2. The van der Waals surface area contributed by atoms with Gasteiger partial charge in [-0.3, -0.25) is 14.2 Å². The molecule has 0 radical (unpaired) electrons. The van der Waals surface area contributed by atoms with E-state index < -0.39 is 0 Å². The average Bonchev–Trinajstić information content (AvgIpc) is 3.19. The molecule has 0 saturated heterocycles. The molecule has 0 unspecified atom stereocenters. The fourth-order valence-electron chi connectivity index (χ4n) is 3.56. The van der Waals surface area contributed by atoms with E-state index in [-0.39, 0.29) is 23.8 Å². The lowest BCUT2D eigenvalue weighted by atomic mass is 10.1. The van der Waals surface area contributed by atoms with Crippen LogP contribution in [-0.4, -0.2) is 22.6 Å². The van der Waals surface area contributed by atoms with Crippen LogP contribution in [0.15, 0.2) is 58.7 Å². The van der Waals surface area contributed by atoms with E-state index in [1.807, 2.05) is 36.6 Å². The number of hydrogen-bond donors (Lipinski definition) is 0. The number of hydrogen-bond acceptors (Lipinski definition) is 5. The Kier molecular flexibility index (Phi) is 5.95. The van der Waals surface area contributed by atoms with Gasteiger partial charge in [-0.1, -0.05) is 35.9 Å². The van der Waals surface area contributed by atoms with Crippen LogP contribution in [-0.2, 0) is 16.1 Å². The summed E-state index contributed by atoms with van der Waals surface area (Å²) in [5.41, 5.74) is 3.22. The second kappa shape index (κ2) is 8.81. The van der Waals surface area contributed by atoms with E-state index in [4.69, 9.17) is 9.72 Å². The van der Waals surface area contributed by atoms with E-state index in [9.17, 15) is 14.0 Å². The van der Waals surface area contributed by atoms with Crippen LogP contribution >= 0.6 is 11.3 Å². The molecule has 5 nitrogen and oxygen atoms in total. The number of aryl methyl sites for hydroxylation is 1. The molecule has 2 aromatic carbocycles. The summed E-state index contributed by atoms with van der Waals surface area (Å²) in [4.78, 5) is 30.6. The van der Waals surface area contributed by atoms with Gasteiger partial charge in [-0.05, 0) is 37.1 Å². The van der Waals surface area contributed by atoms with Gasteiger partial charge in [0.05, 0.1) is 12.5 Å². The van der Waals surface area contributed by atoms with Gasteiger partial charge in [0.15, 0.2) is 0 Å². The van der Waals surface area contributed by atoms with E-state index >= 15 is 0 Å². The molecular weight excluding hydrogens is 415 g/mol. The number of nitrogens with zero attached hydrogens (tertiary/aromatic N) is 2. The first-order valence-electron chi connectivity index (χ1n) is 9.90. The minimum atomic E-state index is -0.330. The minimum absolute atomic E-state index is 0.174. The lowest BCUT2D eigenvalue weighted by Gasteiger charge is -2.13. The highest BCUT2D eigenvalue weighted by molar-refractivity contribution is 7.17. The molecule has 0 aliphatic carbocycles. The van der Waals surface area contributed by atoms with Crippen molar-refractivity contribution in [2.75, 3.05) is 7.11 Å². The van der Waals surface area contributed by atoms with Gasteiger partial charge >= 0.3 is 5.97 Å². The summed E-state index contributed by atoms with van der Waals surface area (Å²) in [6, 6.07) is 13.9. The van der Waals surface area contributed by atoms with Crippen molar-refractivity contribution in [1.29, 1.82) is 0 Å². The molecule has 0 saturated carbocycles. The largest absolute Gasteiger partial charge is 0.469 e. The van der Waals surface area contributed by atoms with E-state index in [1.54, 1.807) is 16.7 Å². The first-order chi connectivity index (χ1) is 15.0. The van der Waals surface area contributed by atoms with Crippen LogP contribution in [0.3, 0.4) is 0 Å². The summed E-state index contributed by atoms with van der Waals surface area (Å²) < 4.78 is 19.7. The Labute approximate surface area is 182 Å². The molecule has 4 aromatic rings. The van der Waals surface area contributed by atoms with E-state index in [2.05, 4.69) is 0 Å². The molecule has 0 bridgehead atoms. The van der Waals surface area contributed by atoms with Gasteiger partial charge < -0.3 is 4.74 Å². The van der Waals surface area contributed by atoms with Gasteiger partial charge in [-0.15, -0.1) is 11.3 Å². The van der Waals surface area contributed by atoms with Crippen LogP contribution in [0.4, 0.5) is 4.39 Å². The molecule has 4 rings (SSSR count). The summed E-state index contributed by atoms with van der Waals surface area (Å²) >= 11 is 1.39. The summed E-state index contributed by atoms with van der Waals surface area (Å²) in [6.07, 6.45) is 0.664. The van der Waals surface area contributed by atoms with E-state index in [0.29, 0.717) is 29.0 Å². The van der Waals surface area contributed by atoms with Crippen LogP contribution in [0.25, 0.3) is 32.7 Å². The zero-order valence-corrected chi connectivity index (χ0v) is 18.0. The number of halogens is 1. The van der Waals surface area contributed by atoms with Gasteiger partial charge in [0.1, 0.15) is 16.5 Å². The fourth-order valence-corrected chi connectivity index (χ4v) is 4.50. The lowest BCUT2D eigenvalue weighted by Crippen LogP contribution is -2.24. The van der Waals surface area contributed by atoms with Crippen molar-refractivity contribution < 1.29 is 13.9 Å². The molecule has 0 aliphatic rings. The first kappa shape index (κ1) is 20.9. The van der Waals surface area contributed by atoms with Crippen molar-refractivity contribution in [2.45, 2.75) is 26.3 Å². The van der Waals surface area contributed by atoms with Gasteiger partial charge in [0, 0.05) is 29.5 Å². The van der Waals surface area contributed by atoms with Crippen molar-refractivity contribution in [1.82, 2.24) is 9.55 Å². The molecule has 2 heterocycles. The van der Waals surface area contributed by atoms with Crippen molar-refractivity contribution in [3.8, 4) is 22.5 Å². The number of aromatic nitrogens is 2. The maximum absolute atomic E-state index is 13.6. The van der Waals surface area contributed by atoms with Gasteiger partial charge in [0.2, 0.25) is 0 Å². The van der Waals surface area contributed by atoms with Crippen molar-refractivity contribution >= 4 is 27.5 Å². The smallest absolute Gasteiger partial charge is 0.305 e. The third-order valence-electron chi connectivity index (χ3n) is 5.12. The third kappa shape index (κ3) is 4.27. The minimum Gasteiger partial charge on any atom is -0.469 e. The number of benzene rings is 2. The maximum atomic E-state index is 13.6. The number of fused-ring (bicyclic) bond motifs is 1. The molecular formula is C24H21FN2O3S. The van der Waals surface area contributed by atoms with Crippen LogP contribution in [0.1, 0.15) is 18.4 Å². The number of esters is 1. The Bertz CT molecular complexity index is 1310. The molecule has 0 fully saturated rings. The summed E-state index contributed by atoms with van der Waals surface area (Å²) in [5.74, 6) is -0.0799. The Hall–Kier alpha value is -3.32. The predicted molar refractivity (Wildman–Crippen MR) is 121 cm³/mol. The van der Waals surface area contributed by atoms with Crippen LogP contribution in [0.2, 0.25) is 0 Å². The Balaban J connectivity index is 1.88. The topological polar surface area (TPSA) is 61.2 Å². The molecule has 0 aliphatic heterocycles. The molecule has 7 heteroatoms. The predicted octanol–water partition coefficient (Wildman–Crippen LogP) is 5.19. The number of ether oxygens (including phenoxy) is 1. The number of thiophene rings is 1. The van der Waals surface area contributed by atoms with E-state index in [0.717, 1.165) is 22.3 Å². The van der Waals surface area contributed by atoms with Gasteiger partial charge in [-0.2, -0.15) is 0 Å². The molecule has 0 amide bonds. The fraction of sp³-hybridized carbons (Fsp3) is 0.208. The highest BCUT2D eigenvalue weighted by Crippen LogP contribution is 2.32. The SMILES string of the molecule is COC(=O)CCCn1c(-c2cccc(C)c2)nc2scc(-c3ccc(F)cc3)c2c1=O. The Morgan fingerprint density at radius 2 is 1.94 bits per heavy atom. The number of carbonyl (C=O) groups is 1. The Morgan fingerprint density at radius 1 is 1.16 bits per heavy atom. The first-order valence-corrected chi connectivity index (χ1v) is 10.8. The second-order valence-corrected chi connectivity index (χ2v) is 8.14. The number of rotatable bonds is 6. The maximum Gasteiger partial charge on any atom is 0.305 e. The number of carbonyl (C=O) groups excluding carboxylic acids is 1. The van der Waals surface area contributed by atoms with Crippen molar-refractivity contribution in [2.24, 2.45) is 0 Å². The lowest BCUT2D eigenvalue weighted by molar-refractivity contribution is -0.140.